The van der Waals surface area contributed by atoms with Crippen LogP contribution in [-0.2, 0) is 4.79 Å². The Bertz CT molecular complexity index is 741. The molecule has 1 aromatic carbocycles. The number of anilines is 1. The molecule has 2 heterocycles. The molecule has 0 radical (unpaired) electrons. The molecule has 1 aliphatic heterocycles. The molecule has 1 saturated heterocycles. The van der Waals surface area contributed by atoms with Gasteiger partial charge in [0.1, 0.15) is 5.75 Å². The zero-order chi connectivity index (χ0) is 17.6. The Labute approximate surface area is 147 Å². The minimum atomic E-state index is -0.0393. The number of carbonyl (C=O) groups is 2. The molecule has 0 atom stereocenters. The van der Waals surface area contributed by atoms with Crippen molar-refractivity contribution in [2.24, 2.45) is 0 Å². The van der Waals surface area contributed by atoms with E-state index in [9.17, 15) is 9.59 Å². The third-order valence-corrected chi connectivity index (χ3v) is 4.26. The van der Waals surface area contributed by atoms with E-state index in [-0.39, 0.29) is 18.3 Å². The lowest BCUT2D eigenvalue weighted by atomic mass is 10.1. The Kier molecular flexibility index (Phi) is 5.28. The van der Waals surface area contributed by atoms with Gasteiger partial charge in [-0.05, 0) is 31.2 Å². The standard InChI is InChI=1S/C19H21N3O3/c1-15(23)16-3-2-4-18(13-16)25-14-19(24)22-11-9-21(10-12-22)17-5-7-20-8-6-17/h2-8,13H,9-12,14H2,1H3. The molecule has 0 aliphatic carbocycles. The van der Waals surface area contributed by atoms with Crippen LogP contribution in [0.5, 0.6) is 5.75 Å². The molecular weight excluding hydrogens is 318 g/mol. The first-order chi connectivity index (χ1) is 12.1. The lowest BCUT2D eigenvalue weighted by Crippen LogP contribution is -2.50. The fourth-order valence-corrected chi connectivity index (χ4v) is 2.81. The Balaban J connectivity index is 1.50. The Morgan fingerprint density at radius 2 is 1.80 bits per heavy atom. The molecule has 0 saturated carbocycles. The normalized spacial score (nSPS) is 14.3. The summed E-state index contributed by atoms with van der Waals surface area (Å²) in [5.41, 5.74) is 1.70. The van der Waals surface area contributed by atoms with Gasteiger partial charge in [0.15, 0.2) is 12.4 Å². The highest BCUT2D eigenvalue weighted by atomic mass is 16.5. The van der Waals surface area contributed by atoms with E-state index in [4.69, 9.17) is 4.74 Å². The van der Waals surface area contributed by atoms with Crippen LogP contribution in [0.2, 0.25) is 0 Å². The fourth-order valence-electron chi connectivity index (χ4n) is 2.81. The lowest BCUT2D eigenvalue weighted by Gasteiger charge is -2.36. The van der Waals surface area contributed by atoms with Crippen LogP contribution in [0.25, 0.3) is 0 Å². The van der Waals surface area contributed by atoms with Crippen LogP contribution in [0.15, 0.2) is 48.8 Å². The molecule has 130 valence electrons. The van der Waals surface area contributed by atoms with Crippen LogP contribution in [0.1, 0.15) is 17.3 Å². The van der Waals surface area contributed by atoms with E-state index in [1.165, 1.54) is 6.92 Å². The van der Waals surface area contributed by atoms with E-state index in [1.807, 2.05) is 17.0 Å². The largest absolute Gasteiger partial charge is 0.484 e. The molecule has 6 nitrogen and oxygen atoms in total. The first-order valence-corrected chi connectivity index (χ1v) is 8.30. The van der Waals surface area contributed by atoms with E-state index >= 15 is 0 Å². The summed E-state index contributed by atoms with van der Waals surface area (Å²) < 4.78 is 5.56. The number of nitrogens with zero attached hydrogens (tertiary/aromatic N) is 3. The van der Waals surface area contributed by atoms with E-state index in [0.717, 1.165) is 18.8 Å². The van der Waals surface area contributed by atoms with Crippen molar-refractivity contribution in [2.45, 2.75) is 6.92 Å². The molecule has 1 amide bonds. The van der Waals surface area contributed by atoms with Crippen LogP contribution in [0.3, 0.4) is 0 Å². The van der Waals surface area contributed by atoms with Crippen molar-refractivity contribution in [3.8, 4) is 5.75 Å². The Morgan fingerprint density at radius 3 is 2.48 bits per heavy atom. The summed E-state index contributed by atoms with van der Waals surface area (Å²) in [5.74, 6) is 0.475. The van der Waals surface area contributed by atoms with Crippen molar-refractivity contribution >= 4 is 17.4 Å². The third-order valence-electron chi connectivity index (χ3n) is 4.26. The maximum Gasteiger partial charge on any atom is 0.260 e. The molecule has 1 aromatic heterocycles. The number of aromatic nitrogens is 1. The first-order valence-electron chi connectivity index (χ1n) is 8.30. The molecule has 0 spiro atoms. The minimum Gasteiger partial charge on any atom is -0.484 e. The van der Waals surface area contributed by atoms with Crippen LogP contribution in [0, 0.1) is 0 Å². The number of Topliss-reactive ketones (excluding diaryl/α,β-unsaturated/α-hetero) is 1. The third kappa shape index (κ3) is 4.35. The number of hydrogen-bond donors (Lipinski definition) is 0. The number of ketones is 1. The van der Waals surface area contributed by atoms with Crippen molar-refractivity contribution in [2.75, 3.05) is 37.7 Å². The van der Waals surface area contributed by atoms with Crippen LogP contribution < -0.4 is 9.64 Å². The van der Waals surface area contributed by atoms with Crippen molar-refractivity contribution < 1.29 is 14.3 Å². The summed E-state index contributed by atoms with van der Waals surface area (Å²) in [5, 5.41) is 0. The highest BCUT2D eigenvalue weighted by molar-refractivity contribution is 5.94. The second-order valence-corrected chi connectivity index (χ2v) is 5.95. The number of amides is 1. The second kappa shape index (κ2) is 7.79. The molecule has 25 heavy (non-hydrogen) atoms. The molecule has 0 bridgehead atoms. The Hall–Kier alpha value is -2.89. The van der Waals surface area contributed by atoms with Gasteiger partial charge in [-0.1, -0.05) is 12.1 Å². The van der Waals surface area contributed by atoms with Crippen LogP contribution in [0.4, 0.5) is 5.69 Å². The summed E-state index contributed by atoms with van der Waals surface area (Å²) in [7, 11) is 0. The molecule has 3 rings (SSSR count). The van der Waals surface area contributed by atoms with Gasteiger partial charge in [0.05, 0.1) is 0 Å². The lowest BCUT2D eigenvalue weighted by molar-refractivity contribution is -0.133. The number of carbonyl (C=O) groups excluding carboxylic acids is 2. The highest BCUT2D eigenvalue weighted by Gasteiger charge is 2.21. The van der Waals surface area contributed by atoms with Crippen molar-refractivity contribution in [1.29, 1.82) is 0 Å². The van der Waals surface area contributed by atoms with E-state index in [2.05, 4.69) is 9.88 Å². The number of rotatable bonds is 5. The number of pyridine rings is 1. The van der Waals surface area contributed by atoms with Crippen LogP contribution in [-0.4, -0.2) is 54.4 Å². The van der Waals surface area contributed by atoms with Crippen molar-refractivity contribution in [1.82, 2.24) is 9.88 Å². The maximum absolute atomic E-state index is 12.3. The van der Waals surface area contributed by atoms with Gasteiger partial charge >= 0.3 is 0 Å². The van der Waals surface area contributed by atoms with E-state index in [0.29, 0.717) is 24.4 Å². The molecular formula is C19H21N3O3. The predicted molar refractivity (Wildman–Crippen MR) is 95.0 cm³/mol. The highest BCUT2D eigenvalue weighted by Crippen LogP contribution is 2.16. The van der Waals surface area contributed by atoms with Gasteiger partial charge in [0.2, 0.25) is 0 Å². The quantitative estimate of drug-likeness (QED) is 0.780. The van der Waals surface area contributed by atoms with Crippen LogP contribution >= 0.6 is 0 Å². The number of hydrogen-bond acceptors (Lipinski definition) is 5. The molecule has 0 unspecified atom stereocenters. The van der Waals surface area contributed by atoms with Crippen molar-refractivity contribution in [3.63, 3.8) is 0 Å². The first kappa shape index (κ1) is 17.0. The predicted octanol–water partition coefficient (Wildman–Crippen LogP) is 2.01. The second-order valence-electron chi connectivity index (χ2n) is 5.95. The zero-order valence-electron chi connectivity index (χ0n) is 14.2. The van der Waals surface area contributed by atoms with Gasteiger partial charge in [0.25, 0.3) is 5.91 Å². The average molecular weight is 339 g/mol. The molecule has 1 fully saturated rings. The van der Waals surface area contributed by atoms with Gasteiger partial charge in [-0.25, -0.2) is 0 Å². The van der Waals surface area contributed by atoms with Gasteiger partial charge in [0, 0.05) is 49.8 Å². The van der Waals surface area contributed by atoms with E-state index in [1.54, 1.807) is 36.7 Å². The number of benzene rings is 1. The van der Waals surface area contributed by atoms with Gasteiger partial charge in [-0.15, -0.1) is 0 Å². The molecule has 1 aliphatic rings. The van der Waals surface area contributed by atoms with Gasteiger partial charge in [-0.3, -0.25) is 14.6 Å². The fraction of sp³-hybridized carbons (Fsp3) is 0.316. The summed E-state index contributed by atoms with van der Waals surface area (Å²) in [6, 6.07) is 10.8. The van der Waals surface area contributed by atoms with Crippen molar-refractivity contribution in [3.05, 3.63) is 54.4 Å². The summed E-state index contributed by atoms with van der Waals surface area (Å²) in [6.45, 7) is 4.39. The van der Waals surface area contributed by atoms with E-state index < -0.39 is 0 Å². The smallest absolute Gasteiger partial charge is 0.260 e. The average Bonchev–Trinajstić information content (AvgIpc) is 2.67. The summed E-state index contributed by atoms with van der Waals surface area (Å²) >= 11 is 0. The molecule has 2 aromatic rings. The number of ether oxygens (including phenoxy) is 1. The maximum atomic E-state index is 12.3. The van der Waals surface area contributed by atoms with Gasteiger partial charge < -0.3 is 14.5 Å². The Morgan fingerprint density at radius 1 is 1.08 bits per heavy atom. The molecule has 0 N–H and O–H groups in total. The monoisotopic (exact) mass is 339 g/mol. The topological polar surface area (TPSA) is 62.7 Å². The summed E-state index contributed by atoms with van der Waals surface area (Å²) in [6.07, 6.45) is 3.55. The number of piperazine rings is 1. The minimum absolute atomic E-state index is 0.0172. The zero-order valence-corrected chi connectivity index (χ0v) is 14.2. The van der Waals surface area contributed by atoms with Gasteiger partial charge in [-0.2, -0.15) is 0 Å². The summed E-state index contributed by atoms with van der Waals surface area (Å²) in [4.78, 5) is 31.8. The SMILES string of the molecule is CC(=O)c1cccc(OCC(=O)N2CCN(c3ccncc3)CC2)c1. The molecule has 6 heteroatoms.